The van der Waals surface area contributed by atoms with Crippen molar-refractivity contribution in [1.29, 1.82) is 0 Å². The Balaban J connectivity index is 1.25. The molecule has 0 aliphatic carbocycles. The standard InChI is InChI=1S/C22H24N6O3/c1-13(20(29)23-14-6-7-16-18(12-14)25-21(30)24-16)27-10-8-15(9-11-27)28-19-5-3-2-4-17(19)26-22(28)31/h2-7,12-13,15H,8-11H2,1H3,(H,23,29)(H,26,31)(H2,24,25,30)/t13-/m0/s1. The molecule has 2 aromatic heterocycles. The number of piperidine rings is 1. The minimum atomic E-state index is -0.304. The molecule has 1 aliphatic rings. The number of rotatable bonds is 4. The van der Waals surface area contributed by atoms with Gasteiger partial charge in [-0.25, -0.2) is 9.59 Å². The van der Waals surface area contributed by atoms with Gasteiger partial charge in [-0.15, -0.1) is 0 Å². The normalized spacial score (nSPS) is 16.7. The summed E-state index contributed by atoms with van der Waals surface area (Å²) in [7, 11) is 0. The second-order valence-corrected chi connectivity index (χ2v) is 8.09. The van der Waals surface area contributed by atoms with E-state index in [1.54, 1.807) is 18.2 Å². The number of fused-ring (bicyclic) bond motifs is 2. The molecule has 1 atom stereocenters. The zero-order valence-electron chi connectivity index (χ0n) is 17.1. The lowest BCUT2D eigenvalue weighted by Crippen LogP contribution is -2.46. The molecule has 0 radical (unpaired) electrons. The summed E-state index contributed by atoms with van der Waals surface area (Å²) < 4.78 is 1.85. The lowest BCUT2D eigenvalue weighted by Gasteiger charge is -2.35. The van der Waals surface area contributed by atoms with Crippen LogP contribution in [0.1, 0.15) is 25.8 Å². The van der Waals surface area contributed by atoms with Crippen molar-refractivity contribution >= 4 is 33.7 Å². The lowest BCUT2D eigenvalue weighted by molar-refractivity contribution is -0.121. The molecular formula is C22H24N6O3. The van der Waals surface area contributed by atoms with Crippen molar-refractivity contribution in [2.24, 2.45) is 0 Å². The van der Waals surface area contributed by atoms with E-state index in [0.717, 1.165) is 37.0 Å². The van der Waals surface area contributed by atoms with Crippen LogP contribution in [0.5, 0.6) is 0 Å². The van der Waals surface area contributed by atoms with Crippen LogP contribution in [-0.4, -0.2) is 49.5 Å². The van der Waals surface area contributed by atoms with E-state index in [0.29, 0.717) is 16.7 Å². The SMILES string of the molecule is C[C@@H](C(=O)Nc1ccc2[nH]c(=O)[nH]c2c1)N1CCC(n2c(=O)[nH]c3ccccc32)CC1. The molecule has 3 heterocycles. The van der Waals surface area contributed by atoms with Gasteiger partial charge in [-0.1, -0.05) is 12.1 Å². The molecule has 160 valence electrons. The van der Waals surface area contributed by atoms with Crippen molar-refractivity contribution < 1.29 is 4.79 Å². The molecular weight excluding hydrogens is 396 g/mol. The largest absolute Gasteiger partial charge is 0.326 e. The fourth-order valence-electron chi connectivity index (χ4n) is 4.49. The van der Waals surface area contributed by atoms with Crippen molar-refractivity contribution in [3.63, 3.8) is 0 Å². The maximum Gasteiger partial charge on any atom is 0.326 e. The van der Waals surface area contributed by atoms with E-state index in [9.17, 15) is 14.4 Å². The third-order valence-electron chi connectivity index (χ3n) is 6.20. The quantitative estimate of drug-likeness (QED) is 0.404. The monoisotopic (exact) mass is 420 g/mol. The minimum absolute atomic E-state index is 0.0800. The fourth-order valence-corrected chi connectivity index (χ4v) is 4.49. The number of nitrogens with one attached hydrogen (secondary N) is 4. The zero-order valence-corrected chi connectivity index (χ0v) is 17.1. The molecule has 0 unspecified atom stereocenters. The fraction of sp³-hybridized carbons (Fsp3) is 0.318. The van der Waals surface area contributed by atoms with E-state index in [1.807, 2.05) is 35.8 Å². The van der Waals surface area contributed by atoms with Crippen LogP contribution < -0.4 is 16.7 Å². The Labute approximate surface area is 177 Å². The van der Waals surface area contributed by atoms with Gasteiger partial charge in [0.2, 0.25) is 5.91 Å². The number of aromatic amines is 3. The summed E-state index contributed by atoms with van der Waals surface area (Å²) in [5.41, 5.74) is 3.41. The highest BCUT2D eigenvalue weighted by atomic mass is 16.2. The number of likely N-dealkylation sites (tertiary alicyclic amines) is 1. The molecule has 31 heavy (non-hydrogen) atoms. The zero-order chi connectivity index (χ0) is 21.5. The van der Waals surface area contributed by atoms with Crippen molar-refractivity contribution in [2.45, 2.75) is 31.8 Å². The second kappa shape index (κ2) is 7.59. The van der Waals surface area contributed by atoms with Crippen molar-refractivity contribution in [3.05, 3.63) is 63.4 Å². The summed E-state index contributed by atoms with van der Waals surface area (Å²) >= 11 is 0. The summed E-state index contributed by atoms with van der Waals surface area (Å²) in [4.78, 5) is 47.1. The van der Waals surface area contributed by atoms with Gasteiger partial charge in [0.25, 0.3) is 0 Å². The number of imidazole rings is 2. The molecule has 4 N–H and O–H groups in total. The number of benzene rings is 2. The highest BCUT2D eigenvalue weighted by Gasteiger charge is 2.28. The maximum atomic E-state index is 12.8. The molecule has 9 nitrogen and oxygen atoms in total. The maximum absolute atomic E-state index is 12.8. The van der Waals surface area contributed by atoms with Gasteiger partial charge in [-0.05, 0) is 50.1 Å². The smallest absolute Gasteiger partial charge is 0.325 e. The van der Waals surface area contributed by atoms with Gasteiger partial charge in [0.05, 0.1) is 28.1 Å². The van der Waals surface area contributed by atoms with Crippen LogP contribution in [0.4, 0.5) is 5.69 Å². The van der Waals surface area contributed by atoms with Gasteiger partial charge < -0.3 is 20.3 Å². The average Bonchev–Trinajstić information content (AvgIpc) is 3.30. The number of carbonyl (C=O) groups excluding carboxylic acids is 1. The highest BCUT2D eigenvalue weighted by molar-refractivity contribution is 5.96. The number of H-pyrrole nitrogens is 3. The predicted octanol–water partition coefficient (Wildman–Crippen LogP) is 2.16. The number of hydrogen-bond acceptors (Lipinski definition) is 4. The summed E-state index contributed by atoms with van der Waals surface area (Å²) in [6, 6.07) is 12.8. The highest BCUT2D eigenvalue weighted by Crippen LogP contribution is 2.26. The molecule has 0 bridgehead atoms. The summed E-state index contributed by atoms with van der Waals surface area (Å²) in [6.07, 6.45) is 1.60. The molecule has 1 aliphatic heterocycles. The number of nitrogens with zero attached hydrogens (tertiary/aromatic N) is 2. The first-order valence-electron chi connectivity index (χ1n) is 10.5. The number of amides is 1. The summed E-state index contributed by atoms with van der Waals surface area (Å²) in [5.74, 6) is -0.0973. The first-order chi connectivity index (χ1) is 15.0. The van der Waals surface area contributed by atoms with E-state index >= 15 is 0 Å². The third-order valence-corrected chi connectivity index (χ3v) is 6.20. The van der Waals surface area contributed by atoms with Crippen LogP contribution in [0.25, 0.3) is 22.1 Å². The van der Waals surface area contributed by atoms with E-state index < -0.39 is 0 Å². The van der Waals surface area contributed by atoms with E-state index in [4.69, 9.17) is 0 Å². The molecule has 2 aromatic carbocycles. The van der Waals surface area contributed by atoms with E-state index in [1.165, 1.54) is 0 Å². The Morgan fingerprint density at radius 1 is 1.00 bits per heavy atom. The van der Waals surface area contributed by atoms with Gasteiger partial charge in [0, 0.05) is 24.8 Å². The van der Waals surface area contributed by atoms with Crippen LogP contribution in [-0.2, 0) is 4.79 Å². The first-order valence-corrected chi connectivity index (χ1v) is 10.5. The van der Waals surface area contributed by atoms with Gasteiger partial charge in [-0.3, -0.25) is 14.3 Å². The summed E-state index contributed by atoms with van der Waals surface area (Å²) in [5, 5.41) is 2.94. The Kier molecular flexibility index (Phi) is 4.74. The summed E-state index contributed by atoms with van der Waals surface area (Å²) in [6.45, 7) is 3.36. The predicted molar refractivity (Wildman–Crippen MR) is 119 cm³/mol. The molecule has 1 saturated heterocycles. The van der Waals surface area contributed by atoms with Gasteiger partial charge in [-0.2, -0.15) is 0 Å². The topological polar surface area (TPSA) is 119 Å². The Hall–Kier alpha value is -3.59. The van der Waals surface area contributed by atoms with E-state index in [-0.39, 0.29) is 29.4 Å². The van der Waals surface area contributed by atoms with E-state index in [2.05, 4.69) is 25.2 Å². The molecule has 1 amide bonds. The number of aromatic nitrogens is 4. The number of carbonyl (C=O) groups is 1. The first kappa shape index (κ1) is 19.4. The number of para-hydroxylation sites is 2. The Morgan fingerprint density at radius 3 is 2.55 bits per heavy atom. The Bertz CT molecular complexity index is 1370. The van der Waals surface area contributed by atoms with Crippen LogP contribution in [0.3, 0.4) is 0 Å². The third kappa shape index (κ3) is 3.57. The van der Waals surface area contributed by atoms with Gasteiger partial charge in [0.15, 0.2) is 0 Å². The Morgan fingerprint density at radius 2 is 1.74 bits per heavy atom. The molecule has 0 saturated carbocycles. The van der Waals surface area contributed by atoms with Crippen LogP contribution in [0, 0.1) is 0 Å². The lowest BCUT2D eigenvalue weighted by atomic mass is 10.0. The van der Waals surface area contributed by atoms with Gasteiger partial charge >= 0.3 is 11.4 Å². The molecule has 4 aromatic rings. The van der Waals surface area contributed by atoms with Crippen molar-refractivity contribution in [1.82, 2.24) is 24.4 Å². The average molecular weight is 420 g/mol. The van der Waals surface area contributed by atoms with Gasteiger partial charge in [0.1, 0.15) is 0 Å². The van der Waals surface area contributed by atoms with Crippen LogP contribution >= 0.6 is 0 Å². The molecule has 9 heteroatoms. The van der Waals surface area contributed by atoms with Crippen molar-refractivity contribution in [3.8, 4) is 0 Å². The van der Waals surface area contributed by atoms with Crippen molar-refractivity contribution in [2.75, 3.05) is 18.4 Å². The second-order valence-electron chi connectivity index (χ2n) is 8.09. The number of anilines is 1. The molecule has 1 fully saturated rings. The minimum Gasteiger partial charge on any atom is -0.325 e. The molecule has 0 spiro atoms. The van der Waals surface area contributed by atoms with Crippen LogP contribution in [0.2, 0.25) is 0 Å². The molecule has 5 rings (SSSR count). The number of hydrogen-bond donors (Lipinski definition) is 4. The van der Waals surface area contributed by atoms with Crippen LogP contribution in [0.15, 0.2) is 52.1 Å².